The predicted octanol–water partition coefficient (Wildman–Crippen LogP) is 2.53. The number of aryl methyl sites for hydroxylation is 3. The third kappa shape index (κ3) is 2.82. The lowest BCUT2D eigenvalue weighted by molar-refractivity contribution is -0.138. The van der Waals surface area contributed by atoms with Crippen LogP contribution in [0.1, 0.15) is 29.8 Å². The Morgan fingerprint density at radius 2 is 2.15 bits per heavy atom. The quantitative estimate of drug-likeness (QED) is 0.878. The smallest absolute Gasteiger partial charge is 0.330 e. The summed E-state index contributed by atoms with van der Waals surface area (Å²) in [7, 11) is 1.80. The molecule has 1 heterocycles. The maximum atomic E-state index is 11.6. The van der Waals surface area contributed by atoms with Gasteiger partial charge in [-0.15, -0.1) is 0 Å². The van der Waals surface area contributed by atoms with E-state index in [1.165, 1.54) is 0 Å². The van der Waals surface area contributed by atoms with Gasteiger partial charge in [-0.1, -0.05) is 25.1 Å². The van der Waals surface area contributed by atoms with Crippen molar-refractivity contribution in [1.29, 1.82) is 0 Å². The number of hydrogen-bond donors (Lipinski definition) is 2. The SMILES string of the molecule is CCc1nn(C)cc1C(Nc1ccccc1C)C(=O)O. The number of anilines is 1. The number of nitrogens with zero attached hydrogens (tertiary/aromatic N) is 2. The molecule has 106 valence electrons. The maximum absolute atomic E-state index is 11.6. The largest absolute Gasteiger partial charge is 0.479 e. The molecule has 0 aliphatic carbocycles. The fourth-order valence-electron chi connectivity index (χ4n) is 2.23. The van der Waals surface area contributed by atoms with Gasteiger partial charge in [-0.25, -0.2) is 4.79 Å². The van der Waals surface area contributed by atoms with Crippen molar-refractivity contribution in [2.75, 3.05) is 5.32 Å². The van der Waals surface area contributed by atoms with E-state index in [0.29, 0.717) is 12.0 Å². The number of carboxylic acids is 1. The zero-order valence-electron chi connectivity index (χ0n) is 11.9. The predicted molar refractivity (Wildman–Crippen MR) is 77.8 cm³/mol. The van der Waals surface area contributed by atoms with Gasteiger partial charge in [-0.05, 0) is 25.0 Å². The molecule has 2 aromatic rings. The summed E-state index contributed by atoms with van der Waals surface area (Å²) in [4.78, 5) is 11.6. The maximum Gasteiger partial charge on any atom is 0.330 e. The molecular formula is C15H19N3O2. The van der Waals surface area contributed by atoms with Crippen molar-refractivity contribution in [3.63, 3.8) is 0 Å². The monoisotopic (exact) mass is 273 g/mol. The highest BCUT2D eigenvalue weighted by molar-refractivity contribution is 5.80. The van der Waals surface area contributed by atoms with Crippen molar-refractivity contribution in [3.05, 3.63) is 47.3 Å². The number of rotatable bonds is 5. The molecule has 0 fully saturated rings. The summed E-state index contributed by atoms with van der Waals surface area (Å²) in [5, 5.41) is 16.9. The summed E-state index contributed by atoms with van der Waals surface area (Å²) >= 11 is 0. The fourth-order valence-corrected chi connectivity index (χ4v) is 2.23. The molecule has 2 rings (SSSR count). The van der Waals surface area contributed by atoms with E-state index in [0.717, 1.165) is 16.9 Å². The molecule has 0 saturated heterocycles. The van der Waals surface area contributed by atoms with Crippen molar-refractivity contribution in [2.24, 2.45) is 7.05 Å². The van der Waals surface area contributed by atoms with Crippen LogP contribution in [-0.4, -0.2) is 20.9 Å². The molecule has 0 aliphatic heterocycles. The molecule has 0 spiro atoms. The van der Waals surface area contributed by atoms with Crippen LogP contribution in [0.3, 0.4) is 0 Å². The van der Waals surface area contributed by atoms with Gasteiger partial charge in [-0.3, -0.25) is 4.68 Å². The molecule has 5 heteroatoms. The number of carboxylic acid groups (broad SMARTS) is 1. The molecule has 0 aliphatic rings. The number of aromatic nitrogens is 2. The molecule has 1 unspecified atom stereocenters. The molecule has 1 aromatic carbocycles. The van der Waals surface area contributed by atoms with Crippen molar-refractivity contribution in [2.45, 2.75) is 26.3 Å². The first-order chi connectivity index (χ1) is 9.52. The Morgan fingerprint density at radius 1 is 1.45 bits per heavy atom. The van der Waals surface area contributed by atoms with Crippen LogP contribution in [-0.2, 0) is 18.3 Å². The van der Waals surface area contributed by atoms with Crippen LogP contribution in [0.5, 0.6) is 0 Å². The Hall–Kier alpha value is -2.30. The Labute approximate surface area is 118 Å². The number of benzene rings is 1. The van der Waals surface area contributed by atoms with Crippen LogP contribution in [0.25, 0.3) is 0 Å². The molecule has 0 bridgehead atoms. The van der Waals surface area contributed by atoms with Crippen molar-refractivity contribution in [3.8, 4) is 0 Å². The molecule has 5 nitrogen and oxygen atoms in total. The average Bonchev–Trinajstić information content (AvgIpc) is 2.78. The fraction of sp³-hybridized carbons (Fsp3) is 0.333. The highest BCUT2D eigenvalue weighted by Crippen LogP contribution is 2.24. The van der Waals surface area contributed by atoms with Gasteiger partial charge in [0.05, 0.1) is 5.69 Å². The van der Waals surface area contributed by atoms with Gasteiger partial charge in [0, 0.05) is 24.5 Å². The third-order valence-corrected chi connectivity index (χ3v) is 3.28. The zero-order chi connectivity index (χ0) is 14.7. The lowest BCUT2D eigenvalue weighted by Gasteiger charge is -2.17. The molecule has 1 aromatic heterocycles. The van der Waals surface area contributed by atoms with E-state index in [-0.39, 0.29) is 0 Å². The molecule has 1 atom stereocenters. The first-order valence-electron chi connectivity index (χ1n) is 6.60. The first-order valence-corrected chi connectivity index (χ1v) is 6.60. The van der Waals surface area contributed by atoms with Crippen LogP contribution in [0.2, 0.25) is 0 Å². The van der Waals surface area contributed by atoms with E-state index >= 15 is 0 Å². The average molecular weight is 273 g/mol. The van der Waals surface area contributed by atoms with E-state index in [9.17, 15) is 9.90 Å². The van der Waals surface area contributed by atoms with Crippen molar-refractivity contribution >= 4 is 11.7 Å². The summed E-state index contributed by atoms with van der Waals surface area (Å²) < 4.78 is 1.66. The van der Waals surface area contributed by atoms with Gasteiger partial charge < -0.3 is 10.4 Å². The minimum absolute atomic E-state index is 0.704. The van der Waals surface area contributed by atoms with E-state index in [1.54, 1.807) is 17.9 Å². The lowest BCUT2D eigenvalue weighted by Crippen LogP contribution is -2.21. The van der Waals surface area contributed by atoms with E-state index < -0.39 is 12.0 Å². The summed E-state index contributed by atoms with van der Waals surface area (Å²) in [5.74, 6) is -0.907. The molecule has 20 heavy (non-hydrogen) atoms. The second-order valence-corrected chi connectivity index (χ2v) is 4.79. The highest BCUT2D eigenvalue weighted by atomic mass is 16.4. The molecular weight excluding hydrogens is 254 g/mol. The van der Waals surface area contributed by atoms with Crippen molar-refractivity contribution in [1.82, 2.24) is 9.78 Å². The highest BCUT2D eigenvalue weighted by Gasteiger charge is 2.24. The summed E-state index contributed by atoms with van der Waals surface area (Å²) in [6, 6.07) is 6.86. The third-order valence-electron chi connectivity index (χ3n) is 3.28. The van der Waals surface area contributed by atoms with Gasteiger partial charge in [0.1, 0.15) is 0 Å². The van der Waals surface area contributed by atoms with Gasteiger partial charge in [-0.2, -0.15) is 5.10 Å². The number of nitrogens with one attached hydrogen (secondary N) is 1. The van der Waals surface area contributed by atoms with Crippen LogP contribution < -0.4 is 5.32 Å². The number of para-hydroxylation sites is 1. The second-order valence-electron chi connectivity index (χ2n) is 4.79. The second kappa shape index (κ2) is 5.77. The number of carbonyl (C=O) groups is 1. The molecule has 0 saturated carbocycles. The van der Waals surface area contributed by atoms with Gasteiger partial charge >= 0.3 is 5.97 Å². The normalized spacial score (nSPS) is 12.2. The number of hydrogen-bond acceptors (Lipinski definition) is 3. The summed E-state index contributed by atoms with van der Waals surface area (Å²) in [6.07, 6.45) is 2.47. The minimum Gasteiger partial charge on any atom is -0.479 e. The van der Waals surface area contributed by atoms with Crippen LogP contribution in [0.15, 0.2) is 30.5 Å². The minimum atomic E-state index is -0.907. The van der Waals surface area contributed by atoms with E-state index in [4.69, 9.17) is 0 Å². The molecule has 0 radical (unpaired) electrons. The number of aliphatic carboxylic acids is 1. The van der Waals surface area contributed by atoms with Crippen molar-refractivity contribution < 1.29 is 9.90 Å². The Kier molecular flexibility index (Phi) is 4.08. The topological polar surface area (TPSA) is 67.2 Å². The van der Waals surface area contributed by atoms with Gasteiger partial charge in [0.25, 0.3) is 0 Å². The molecule has 2 N–H and O–H groups in total. The standard InChI is InChI=1S/C15H19N3O2/c1-4-12-11(9-18(3)17-12)14(15(19)20)16-13-8-6-5-7-10(13)2/h5-9,14,16H,4H2,1-3H3,(H,19,20). The molecule has 0 amide bonds. The zero-order valence-corrected chi connectivity index (χ0v) is 11.9. The Bertz CT molecular complexity index is 619. The Balaban J connectivity index is 2.37. The van der Waals surface area contributed by atoms with Gasteiger partial charge in [0.15, 0.2) is 6.04 Å². The van der Waals surface area contributed by atoms with Gasteiger partial charge in [0.2, 0.25) is 0 Å². The van der Waals surface area contributed by atoms with E-state index in [2.05, 4.69) is 10.4 Å². The first kappa shape index (κ1) is 14.1. The van der Waals surface area contributed by atoms with Crippen LogP contribution in [0.4, 0.5) is 5.69 Å². The Morgan fingerprint density at radius 3 is 2.75 bits per heavy atom. The van der Waals surface area contributed by atoms with Crippen LogP contribution >= 0.6 is 0 Å². The van der Waals surface area contributed by atoms with Crippen LogP contribution in [0, 0.1) is 6.92 Å². The van der Waals surface area contributed by atoms with E-state index in [1.807, 2.05) is 38.1 Å². The summed E-state index contributed by atoms with van der Waals surface area (Å²) in [5.41, 5.74) is 3.36. The lowest BCUT2D eigenvalue weighted by atomic mass is 10.1. The summed E-state index contributed by atoms with van der Waals surface area (Å²) in [6.45, 7) is 3.92.